The Morgan fingerprint density at radius 1 is 1.53 bits per heavy atom. The molecule has 1 saturated heterocycles. The number of nitrogens with zero attached hydrogens (tertiary/aromatic N) is 1. The van der Waals surface area contributed by atoms with Crippen molar-refractivity contribution < 1.29 is 9.53 Å². The molecule has 0 radical (unpaired) electrons. The topological polar surface area (TPSA) is 67.6 Å². The summed E-state index contributed by atoms with van der Waals surface area (Å²) >= 11 is 0. The zero-order chi connectivity index (χ0) is 13.7. The van der Waals surface area contributed by atoms with E-state index in [1.54, 1.807) is 7.11 Å². The minimum Gasteiger partial charge on any atom is -0.495 e. The number of likely N-dealkylation sites (tertiary alicyclic amines) is 1. The molecule has 5 nitrogen and oxygen atoms in total. The summed E-state index contributed by atoms with van der Waals surface area (Å²) in [5.74, 6) is 0.684. The van der Waals surface area contributed by atoms with Gasteiger partial charge in [-0.2, -0.15) is 0 Å². The predicted molar refractivity (Wildman–Crippen MR) is 75.3 cm³/mol. The Kier molecular flexibility index (Phi) is 4.76. The molecule has 0 bridgehead atoms. The third-order valence-corrected chi connectivity index (χ3v) is 3.34. The summed E-state index contributed by atoms with van der Waals surface area (Å²) in [6.45, 7) is 2.64. The van der Waals surface area contributed by atoms with Crippen molar-refractivity contribution >= 4 is 11.6 Å². The van der Waals surface area contributed by atoms with E-state index in [2.05, 4.69) is 10.2 Å². The fourth-order valence-electron chi connectivity index (χ4n) is 2.29. The van der Waals surface area contributed by atoms with E-state index in [-0.39, 0.29) is 11.9 Å². The molecule has 2 rings (SSSR count). The van der Waals surface area contributed by atoms with Crippen molar-refractivity contribution in [2.75, 3.05) is 32.1 Å². The number of amides is 1. The monoisotopic (exact) mass is 263 g/mol. The van der Waals surface area contributed by atoms with Crippen molar-refractivity contribution in [1.29, 1.82) is 0 Å². The first kappa shape index (κ1) is 13.8. The normalized spacial score (nSPS) is 19.4. The van der Waals surface area contributed by atoms with Gasteiger partial charge in [0.1, 0.15) is 5.75 Å². The number of rotatable bonds is 5. The molecule has 104 valence electrons. The molecule has 1 atom stereocenters. The van der Waals surface area contributed by atoms with Crippen molar-refractivity contribution in [2.24, 2.45) is 5.73 Å². The van der Waals surface area contributed by atoms with Gasteiger partial charge in [0.2, 0.25) is 5.91 Å². The lowest BCUT2D eigenvalue weighted by Gasteiger charge is -2.15. The maximum absolute atomic E-state index is 11.9. The molecule has 0 unspecified atom stereocenters. The Bertz CT molecular complexity index is 436. The van der Waals surface area contributed by atoms with Crippen LogP contribution < -0.4 is 15.8 Å². The maximum atomic E-state index is 11.9. The van der Waals surface area contributed by atoms with Crippen molar-refractivity contribution in [3.63, 3.8) is 0 Å². The summed E-state index contributed by atoms with van der Waals surface area (Å²) in [5, 5.41) is 2.87. The zero-order valence-corrected chi connectivity index (χ0v) is 11.3. The van der Waals surface area contributed by atoms with Crippen molar-refractivity contribution in [3.05, 3.63) is 24.3 Å². The van der Waals surface area contributed by atoms with E-state index in [1.807, 2.05) is 24.3 Å². The van der Waals surface area contributed by atoms with Crippen LogP contribution in [0.15, 0.2) is 24.3 Å². The first-order chi connectivity index (χ1) is 9.19. The van der Waals surface area contributed by atoms with Crippen LogP contribution in [0.4, 0.5) is 5.69 Å². The van der Waals surface area contributed by atoms with Gasteiger partial charge in [0.15, 0.2) is 0 Å². The van der Waals surface area contributed by atoms with Crippen LogP contribution in [0.25, 0.3) is 0 Å². The first-order valence-corrected chi connectivity index (χ1v) is 6.60. The van der Waals surface area contributed by atoms with E-state index in [1.165, 1.54) is 0 Å². The average molecular weight is 263 g/mol. The van der Waals surface area contributed by atoms with E-state index in [9.17, 15) is 4.79 Å². The largest absolute Gasteiger partial charge is 0.495 e. The Labute approximate surface area is 113 Å². The van der Waals surface area contributed by atoms with Gasteiger partial charge < -0.3 is 20.7 Å². The van der Waals surface area contributed by atoms with E-state index >= 15 is 0 Å². The second-order valence-corrected chi connectivity index (χ2v) is 4.85. The van der Waals surface area contributed by atoms with Crippen LogP contribution in [0.1, 0.15) is 12.8 Å². The highest BCUT2D eigenvalue weighted by atomic mass is 16.5. The number of carbonyl (C=O) groups excluding carboxylic acids is 1. The fraction of sp³-hybridized carbons (Fsp3) is 0.500. The standard InChI is InChI=1S/C14H21N3O2/c1-19-13-5-3-2-4-12(13)16-14(18)7-9-17-8-6-11(15)10-17/h2-5,11H,6-10,15H2,1H3,(H,16,18)/t11-/m1/s1. The van der Waals surface area contributed by atoms with Gasteiger partial charge >= 0.3 is 0 Å². The van der Waals surface area contributed by atoms with Crippen molar-refractivity contribution in [2.45, 2.75) is 18.9 Å². The number of hydrogen-bond acceptors (Lipinski definition) is 4. The highest BCUT2D eigenvalue weighted by molar-refractivity contribution is 5.92. The van der Waals surface area contributed by atoms with Gasteiger partial charge in [0.05, 0.1) is 12.8 Å². The van der Waals surface area contributed by atoms with Crippen LogP contribution in [-0.2, 0) is 4.79 Å². The van der Waals surface area contributed by atoms with Gasteiger partial charge in [-0.1, -0.05) is 12.1 Å². The van der Waals surface area contributed by atoms with E-state index in [0.717, 1.165) is 26.1 Å². The Hall–Kier alpha value is -1.59. The SMILES string of the molecule is COc1ccccc1NC(=O)CCN1CC[C@@H](N)C1. The van der Waals surface area contributed by atoms with Crippen LogP contribution >= 0.6 is 0 Å². The predicted octanol–water partition coefficient (Wildman–Crippen LogP) is 1.06. The first-order valence-electron chi connectivity index (χ1n) is 6.60. The second kappa shape index (κ2) is 6.54. The second-order valence-electron chi connectivity index (χ2n) is 4.85. The van der Waals surface area contributed by atoms with Gasteiger partial charge in [-0.15, -0.1) is 0 Å². The summed E-state index contributed by atoms with van der Waals surface area (Å²) in [7, 11) is 1.59. The zero-order valence-electron chi connectivity index (χ0n) is 11.3. The number of anilines is 1. The lowest BCUT2D eigenvalue weighted by molar-refractivity contribution is -0.116. The van der Waals surface area contributed by atoms with Crippen molar-refractivity contribution in [3.8, 4) is 5.75 Å². The van der Waals surface area contributed by atoms with Crippen LogP contribution in [0.3, 0.4) is 0 Å². The number of hydrogen-bond donors (Lipinski definition) is 2. The number of ether oxygens (including phenoxy) is 1. The highest BCUT2D eigenvalue weighted by Crippen LogP contribution is 2.23. The van der Waals surface area contributed by atoms with Gasteiger partial charge in [-0.3, -0.25) is 4.79 Å². The number of para-hydroxylation sites is 2. The van der Waals surface area contributed by atoms with Crippen LogP contribution in [0, 0.1) is 0 Å². The third kappa shape index (κ3) is 3.94. The lowest BCUT2D eigenvalue weighted by Crippen LogP contribution is -2.29. The molecule has 0 aromatic heterocycles. The average Bonchev–Trinajstić information content (AvgIpc) is 2.83. The molecule has 0 spiro atoms. The molecule has 1 aliphatic heterocycles. The number of nitrogens with two attached hydrogens (primary N) is 1. The Morgan fingerprint density at radius 3 is 3.00 bits per heavy atom. The van der Waals surface area contributed by atoms with Crippen LogP contribution in [0.5, 0.6) is 5.75 Å². The molecule has 1 fully saturated rings. The molecule has 0 aliphatic carbocycles. The molecule has 1 amide bonds. The number of nitrogens with one attached hydrogen (secondary N) is 1. The van der Waals surface area contributed by atoms with E-state index in [0.29, 0.717) is 17.9 Å². The molecule has 19 heavy (non-hydrogen) atoms. The molecule has 1 aromatic carbocycles. The fourth-order valence-corrected chi connectivity index (χ4v) is 2.29. The molecule has 3 N–H and O–H groups in total. The molecule has 5 heteroatoms. The highest BCUT2D eigenvalue weighted by Gasteiger charge is 2.19. The number of carbonyl (C=O) groups is 1. The summed E-state index contributed by atoms with van der Waals surface area (Å²) < 4.78 is 5.20. The van der Waals surface area contributed by atoms with Crippen LogP contribution in [0.2, 0.25) is 0 Å². The molecular weight excluding hydrogens is 242 g/mol. The summed E-state index contributed by atoms with van der Waals surface area (Å²) in [5.41, 5.74) is 6.55. The number of benzene rings is 1. The quantitative estimate of drug-likeness (QED) is 0.833. The summed E-state index contributed by atoms with van der Waals surface area (Å²) in [4.78, 5) is 14.1. The summed E-state index contributed by atoms with van der Waals surface area (Å²) in [6, 6.07) is 7.67. The molecule has 1 aliphatic rings. The Morgan fingerprint density at radius 2 is 2.32 bits per heavy atom. The molecule has 1 heterocycles. The minimum absolute atomic E-state index is 0.00460. The smallest absolute Gasteiger partial charge is 0.225 e. The van der Waals surface area contributed by atoms with Gasteiger partial charge in [0, 0.05) is 25.6 Å². The molecule has 1 aromatic rings. The molecular formula is C14H21N3O2. The van der Waals surface area contributed by atoms with Gasteiger partial charge in [-0.05, 0) is 25.1 Å². The van der Waals surface area contributed by atoms with Crippen molar-refractivity contribution in [1.82, 2.24) is 4.90 Å². The maximum Gasteiger partial charge on any atom is 0.225 e. The van der Waals surface area contributed by atoms with Crippen LogP contribution in [-0.4, -0.2) is 43.6 Å². The lowest BCUT2D eigenvalue weighted by atomic mass is 10.2. The number of methoxy groups -OCH3 is 1. The third-order valence-electron chi connectivity index (χ3n) is 3.34. The van der Waals surface area contributed by atoms with E-state index in [4.69, 9.17) is 10.5 Å². The van der Waals surface area contributed by atoms with E-state index < -0.39 is 0 Å². The molecule has 0 saturated carbocycles. The van der Waals surface area contributed by atoms with Gasteiger partial charge in [0.25, 0.3) is 0 Å². The minimum atomic E-state index is 0.00460. The van der Waals surface area contributed by atoms with Gasteiger partial charge in [-0.25, -0.2) is 0 Å². The summed E-state index contributed by atoms with van der Waals surface area (Å²) in [6.07, 6.45) is 1.50. The Balaban J connectivity index is 1.81.